The number of nitrogens with zero attached hydrogens (tertiary/aromatic N) is 2. The second kappa shape index (κ2) is 6.90. The SMILES string of the molecule is CC(C)NS(=O)(=O)N(CCN(C)C)CC(=O)O. The summed E-state index contributed by atoms with van der Waals surface area (Å²) in [7, 11) is -0.150. The highest BCUT2D eigenvalue weighted by Crippen LogP contribution is 2.00. The number of aliphatic carboxylic acids is 1. The van der Waals surface area contributed by atoms with Gasteiger partial charge in [-0.05, 0) is 27.9 Å². The summed E-state index contributed by atoms with van der Waals surface area (Å²) in [6, 6.07) is -0.268. The minimum Gasteiger partial charge on any atom is -0.480 e. The van der Waals surface area contributed by atoms with E-state index in [0.29, 0.717) is 6.54 Å². The molecular weight excluding hydrogens is 246 g/mol. The molecule has 8 heteroatoms. The lowest BCUT2D eigenvalue weighted by molar-refractivity contribution is -0.137. The van der Waals surface area contributed by atoms with Crippen molar-refractivity contribution in [2.24, 2.45) is 0 Å². The van der Waals surface area contributed by atoms with Crippen molar-refractivity contribution >= 4 is 16.2 Å². The lowest BCUT2D eigenvalue weighted by Gasteiger charge is -2.23. The van der Waals surface area contributed by atoms with E-state index >= 15 is 0 Å². The molecule has 0 bridgehead atoms. The molecule has 0 unspecified atom stereocenters. The summed E-state index contributed by atoms with van der Waals surface area (Å²) in [6.07, 6.45) is 0. The second-order valence-corrected chi connectivity index (χ2v) is 6.01. The number of carbonyl (C=O) groups is 1. The zero-order chi connectivity index (χ0) is 13.6. The predicted molar refractivity (Wildman–Crippen MR) is 65.0 cm³/mol. The third kappa shape index (κ3) is 7.27. The molecule has 0 amide bonds. The number of nitrogens with one attached hydrogen (secondary N) is 1. The number of hydrogen-bond donors (Lipinski definition) is 2. The van der Waals surface area contributed by atoms with E-state index in [9.17, 15) is 13.2 Å². The molecule has 102 valence electrons. The predicted octanol–water partition coefficient (Wildman–Crippen LogP) is -0.823. The number of hydrogen-bond acceptors (Lipinski definition) is 4. The number of rotatable bonds is 8. The molecule has 7 nitrogen and oxygen atoms in total. The van der Waals surface area contributed by atoms with Crippen LogP contribution in [0.5, 0.6) is 0 Å². The molecule has 0 aliphatic rings. The van der Waals surface area contributed by atoms with Crippen molar-refractivity contribution in [3.63, 3.8) is 0 Å². The van der Waals surface area contributed by atoms with Gasteiger partial charge in [0.2, 0.25) is 0 Å². The van der Waals surface area contributed by atoms with Gasteiger partial charge in [-0.3, -0.25) is 4.79 Å². The van der Waals surface area contributed by atoms with Gasteiger partial charge < -0.3 is 10.0 Å². The van der Waals surface area contributed by atoms with Crippen LogP contribution in [0.1, 0.15) is 13.8 Å². The van der Waals surface area contributed by atoms with E-state index < -0.39 is 22.7 Å². The van der Waals surface area contributed by atoms with Crippen LogP contribution in [-0.4, -0.2) is 68.5 Å². The van der Waals surface area contributed by atoms with Gasteiger partial charge in [0.25, 0.3) is 10.2 Å². The average Bonchev–Trinajstić information content (AvgIpc) is 2.08. The lowest BCUT2D eigenvalue weighted by Crippen LogP contribution is -2.47. The highest BCUT2D eigenvalue weighted by molar-refractivity contribution is 7.87. The number of carboxylic acids is 1. The van der Waals surface area contributed by atoms with Crippen LogP contribution in [0.15, 0.2) is 0 Å². The van der Waals surface area contributed by atoms with Crippen molar-refractivity contribution in [3.8, 4) is 0 Å². The zero-order valence-electron chi connectivity index (χ0n) is 10.7. The molecule has 0 heterocycles. The van der Waals surface area contributed by atoms with Crippen LogP contribution >= 0.6 is 0 Å². The van der Waals surface area contributed by atoms with Gasteiger partial charge in [-0.15, -0.1) is 0 Å². The van der Waals surface area contributed by atoms with E-state index in [-0.39, 0.29) is 12.6 Å². The Labute approximate surface area is 103 Å². The van der Waals surface area contributed by atoms with E-state index in [4.69, 9.17) is 5.11 Å². The fourth-order valence-electron chi connectivity index (χ4n) is 1.12. The van der Waals surface area contributed by atoms with Gasteiger partial charge >= 0.3 is 5.97 Å². The molecule has 0 radical (unpaired) electrons. The molecular formula is C9H21N3O4S. The van der Waals surface area contributed by atoms with E-state index in [1.807, 2.05) is 0 Å². The first kappa shape index (κ1) is 16.3. The summed E-state index contributed by atoms with van der Waals surface area (Å²) in [5.41, 5.74) is 0. The maximum absolute atomic E-state index is 11.8. The van der Waals surface area contributed by atoms with Crippen molar-refractivity contribution in [1.29, 1.82) is 0 Å². The van der Waals surface area contributed by atoms with E-state index in [2.05, 4.69) is 4.72 Å². The van der Waals surface area contributed by atoms with Gasteiger partial charge in [-0.1, -0.05) is 0 Å². The van der Waals surface area contributed by atoms with Gasteiger partial charge in [0.1, 0.15) is 6.54 Å². The molecule has 0 rings (SSSR count). The molecule has 0 fully saturated rings. The van der Waals surface area contributed by atoms with Crippen LogP contribution in [-0.2, 0) is 15.0 Å². The van der Waals surface area contributed by atoms with E-state index in [1.165, 1.54) is 0 Å². The smallest absolute Gasteiger partial charge is 0.318 e. The number of likely N-dealkylation sites (N-methyl/N-ethyl adjacent to an activating group) is 1. The molecule has 0 aliphatic carbocycles. The standard InChI is InChI=1S/C9H21N3O4S/c1-8(2)10-17(15,16)12(7-9(13)14)6-5-11(3)4/h8,10H,5-7H2,1-4H3,(H,13,14). The van der Waals surface area contributed by atoms with E-state index in [1.54, 1.807) is 32.8 Å². The van der Waals surface area contributed by atoms with Crippen LogP contribution in [0, 0.1) is 0 Å². The minimum absolute atomic E-state index is 0.140. The maximum Gasteiger partial charge on any atom is 0.318 e. The monoisotopic (exact) mass is 267 g/mol. The fraction of sp³-hybridized carbons (Fsp3) is 0.889. The van der Waals surface area contributed by atoms with Crippen LogP contribution < -0.4 is 4.72 Å². The average molecular weight is 267 g/mol. The molecule has 0 saturated carbocycles. The molecule has 0 aromatic rings. The first-order valence-corrected chi connectivity index (χ1v) is 6.73. The lowest BCUT2D eigenvalue weighted by atomic mass is 10.4. The molecule has 17 heavy (non-hydrogen) atoms. The molecule has 0 atom stereocenters. The van der Waals surface area contributed by atoms with Crippen LogP contribution in [0.2, 0.25) is 0 Å². The van der Waals surface area contributed by atoms with Crippen molar-refractivity contribution in [1.82, 2.24) is 13.9 Å². The van der Waals surface area contributed by atoms with Gasteiger partial charge in [0, 0.05) is 19.1 Å². The minimum atomic E-state index is -3.74. The van der Waals surface area contributed by atoms with Gasteiger partial charge in [-0.25, -0.2) is 0 Å². The van der Waals surface area contributed by atoms with Gasteiger partial charge in [0.05, 0.1) is 0 Å². The Morgan fingerprint density at radius 3 is 2.18 bits per heavy atom. The van der Waals surface area contributed by atoms with Crippen LogP contribution in [0.4, 0.5) is 0 Å². The van der Waals surface area contributed by atoms with Crippen molar-refractivity contribution in [3.05, 3.63) is 0 Å². The highest BCUT2D eigenvalue weighted by atomic mass is 32.2. The molecule has 0 aromatic heterocycles. The third-order valence-electron chi connectivity index (χ3n) is 1.83. The van der Waals surface area contributed by atoms with Crippen molar-refractivity contribution in [2.45, 2.75) is 19.9 Å². The summed E-state index contributed by atoms with van der Waals surface area (Å²) in [6.45, 7) is 3.44. The second-order valence-electron chi connectivity index (χ2n) is 4.31. The van der Waals surface area contributed by atoms with E-state index in [0.717, 1.165) is 4.31 Å². The summed E-state index contributed by atoms with van der Waals surface area (Å²) < 4.78 is 26.9. The molecule has 2 N–H and O–H groups in total. The summed E-state index contributed by atoms with van der Waals surface area (Å²) >= 11 is 0. The Hall–Kier alpha value is -0.700. The Bertz CT molecular complexity index is 340. The summed E-state index contributed by atoms with van der Waals surface area (Å²) in [4.78, 5) is 12.4. The third-order valence-corrected chi connectivity index (χ3v) is 3.59. The molecule has 0 spiro atoms. The zero-order valence-corrected chi connectivity index (χ0v) is 11.5. The summed E-state index contributed by atoms with van der Waals surface area (Å²) in [5, 5.41) is 8.70. The van der Waals surface area contributed by atoms with Crippen molar-refractivity contribution < 1.29 is 18.3 Å². The Morgan fingerprint density at radius 1 is 1.29 bits per heavy atom. The molecule has 0 aromatic carbocycles. The largest absolute Gasteiger partial charge is 0.480 e. The maximum atomic E-state index is 11.8. The quantitative estimate of drug-likeness (QED) is 0.599. The fourth-order valence-corrected chi connectivity index (χ4v) is 2.47. The van der Waals surface area contributed by atoms with Gasteiger partial charge in [-0.2, -0.15) is 17.4 Å². The summed E-state index contributed by atoms with van der Waals surface area (Å²) in [5.74, 6) is -1.17. The topological polar surface area (TPSA) is 90.0 Å². The Morgan fingerprint density at radius 2 is 1.82 bits per heavy atom. The first-order chi connectivity index (χ1) is 7.65. The van der Waals surface area contributed by atoms with Crippen LogP contribution in [0.3, 0.4) is 0 Å². The first-order valence-electron chi connectivity index (χ1n) is 5.29. The number of carboxylic acid groups (broad SMARTS) is 1. The van der Waals surface area contributed by atoms with Crippen LogP contribution in [0.25, 0.3) is 0 Å². The highest BCUT2D eigenvalue weighted by Gasteiger charge is 2.24. The Kier molecular flexibility index (Phi) is 6.61. The van der Waals surface area contributed by atoms with Gasteiger partial charge in [0.15, 0.2) is 0 Å². The normalized spacial score (nSPS) is 12.6. The molecule has 0 aliphatic heterocycles. The van der Waals surface area contributed by atoms with Crippen molar-refractivity contribution in [2.75, 3.05) is 33.7 Å². The Balaban J connectivity index is 4.71. The molecule has 0 saturated heterocycles.